The Balaban J connectivity index is 1.96. The van der Waals surface area contributed by atoms with Crippen LogP contribution in [-0.2, 0) is 0 Å². The molecule has 2 heterocycles. The number of aromatic nitrogens is 1. The lowest BCUT2D eigenvalue weighted by Crippen LogP contribution is -2.51. The molecule has 0 radical (unpaired) electrons. The highest BCUT2D eigenvalue weighted by Gasteiger charge is 2.22. The van der Waals surface area contributed by atoms with Crippen molar-refractivity contribution < 1.29 is 4.79 Å². The Kier molecular flexibility index (Phi) is 4.06. The van der Waals surface area contributed by atoms with Crippen molar-refractivity contribution in [2.75, 3.05) is 45.2 Å². The minimum absolute atomic E-state index is 0.0852. The minimum Gasteiger partial charge on any atom is -0.367 e. The smallest absolute Gasteiger partial charge is 0.319 e. The summed E-state index contributed by atoms with van der Waals surface area (Å²) in [4.78, 5) is 21.7. The zero-order valence-electron chi connectivity index (χ0n) is 10.6. The van der Waals surface area contributed by atoms with Gasteiger partial charge in [0.25, 0.3) is 0 Å². The highest BCUT2D eigenvalue weighted by atomic mass is 79.9. The zero-order chi connectivity index (χ0) is 13.1. The molecule has 0 aliphatic carbocycles. The van der Waals surface area contributed by atoms with E-state index in [4.69, 9.17) is 0 Å². The van der Waals surface area contributed by atoms with Crippen molar-refractivity contribution in [3.05, 3.63) is 22.9 Å². The van der Waals surface area contributed by atoms with Crippen molar-refractivity contribution in [2.24, 2.45) is 0 Å². The molecule has 1 aromatic heterocycles. The first-order valence-electron chi connectivity index (χ1n) is 5.89. The molecular formula is C12H17BrN4O. The summed E-state index contributed by atoms with van der Waals surface area (Å²) in [7, 11) is 3.57. The van der Waals surface area contributed by atoms with Gasteiger partial charge >= 0.3 is 6.03 Å². The molecular weight excluding hydrogens is 296 g/mol. The SMILES string of the molecule is CN(C)C(=O)N1CCN(c2cncc(Br)c2)CC1. The maximum Gasteiger partial charge on any atom is 0.319 e. The van der Waals surface area contributed by atoms with E-state index in [0.717, 1.165) is 36.3 Å². The monoisotopic (exact) mass is 312 g/mol. The van der Waals surface area contributed by atoms with E-state index in [1.165, 1.54) is 0 Å². The molecule has 6 heteroatoms. The van der Waals surface area contributed by atoms with E-state index in [-0.39, 0.29) is 6.03 Å². The van der Waals surface area contributed by atoms with Gasteiger partial charge in [-0.05, 0) is 22.0 Å². The van der Waals surface area contributed by atoms with Crippen LogP contribution in [0.5, 0.6) is 0 Å². The summed E-state index contributed by atoms with van der Waals surface area (Å²) in [6.45, 7) is 3.20. The molecule has 0 unspecified atom stereocenters. The lowest BCUT2D eigenvalue weighted by atomic mass is 10.3. The van der Waals surface area contributed by atoms with Crippen LogP contribution < -0.4 is 4.90 Å². The maximum atomic E-state index is 11.8. The highest BCUT2D eigenvalue weighted by molar-refractivity contribution is 9.10. The number of urea groups is 1. The molecule has 2 rings (SSSR count). The Labute approximate surface area is 116 Å². The van der Waals surface area contributed by atoms with Crippen molar-refractivity contribution in [1.29, 1.82) is 0 Å². The van der Waals surface area contributed by atoms with Crippen LogP contribution in [0.25, 0.3) is 0 Å². The number of hydrogen-bond donors (Lipinski definition) is 0. The van der Waals surface area contributed by atoms with Crippen LogP contribution in [-0.4, -0.2) is 61.1 Å². The average Bonchev–Trinajstić information content (AvgIpc) is 2.38. The number of piperazine rings is 1. The lowest BCUT2D eigenvalue weighted by Gasteiger charge is -2.37. The van der Waals surface area contributed by atoms with Gasteiger partial charge in [-0.2, -0.15) is 0 Å². The van der Waals surface area contributed by atoms with Crippen LogP contribution >= 0.6 is 15.9 Å². The van der Waals surface area contributed by atoms with Crippen molar-refractivity contribution in [3.63, 3.8) is 0 Å². The van der Waals surface area contributed by atoms with Crippen LogP contribution in [0.15, 0.2) is 22.9 Å². The molecule has 1 aromatic rings. The summed E-state index contributed by atoms with van der Waals surface area (Å²) in [6, 6.07) is 2.14. The van der Waals surface area contributed by atoms with Gasteiger partial charge in [0.2, 0.25) is 0 Å². The van der Waals surface area contributed by atoms with Crippen LogP contribution in [0.1, 0.15) is 0 Å². The first-order chi connectivity index (χ1) is 8.58. The van der Waals surface area contributed by atoms with E-state index in [1.807, 2.05) is 11.1 Å². The largest absolute Gasteiger partial charge is 0.367 e. The summed E-state index contributed by atoms with van der Waals surface area (Å²) in [6.07, 6.45) is 3.63. The second-order valence-corrected chi connectivity index (χ2v) is 5.43. The number of halogens is 1. The quantitative estimate of drug-likeness (QED) is 0.791. The maximum absolute atomic E-state index is 11.8. The van der Waals surface area contributed by atoms with Crippen molar-refractivity contribution in [3.8, 4) is 0 Å². The minimum atomic E-state index is 0.0852. The van der Waals surface area contributed by atoms with E-state index in [1.54, 1.807) is 25.2 Å². The Morgan fingerprint density at radius 3 is 2.50 bits per heavy atom. The van der Waals surface area contributed by atoms with E-state index >= 15 is 0 Å². The Hall–Kier alpha value is -1.30. The predicted octanol–water partition coefficient (Wildman–Crippen LogP) is 1.65. The van der Waals surface area contributed by atoms with Gasteiger partial charge in [0.05, 0.1) is 11.9 Å². The number of hydrogen-bond acceptors (Lipinski definition) is 3. The van der Waals surface area contributed by atoms with Gasteiger partial charge in [0, 0.05) is 50.9 Å². The molecule has 1 aliphatic heterocycles. The highest BCUT2D eigenvalue weighted by Crippen LogP contribution is 2.19. The zero-order valence-corrected chi connectivity index (χ0v) is 12.2. The predicted molar refractivity (Wildman–Crippen MR) is 74.8 cm³/mol. The Morgan fingerprint density at radius 2 is 1.94 bits per heavy atom. The fraction of sp³-hybridized carbons (Fsp3) is 0.500. The normalized spacial score (nSPS) is 15.7. The fourth-order valence-corrected chi connectivity index (χ4v) is 2.37. The topological polar surface area (TPSA) is 39.7 Å². The number of pyridine rings is 1. The number of rotatable bonds is 1. The number of nitrogens with zero attached hydrogens (tertiary/aromatic N) is 4. The van der Waals surface area contributed by atoms with Crippen LogP contribution in [0.3, 0.4) is 0 Å². The van der Waals surface area contributed by atoms with Gasteiger partial charge in [-0.25, -0.2) is 4.79 Å². The molecule has 5 nitrogen and oxygen atoms in total. The van der Waals surface area contributed by atoms with E-state index in [0.29, 0.717) is 0 Å². The second-order valence-electron chi connectivity index (χ2n) is 4.51. The van der Waals surface area contributed by atoms with Crippen LogP contribution in [0.4, 0.5) is 10.5 Å². The average molecular weight is 313 g/mol. The number of amides is 2. The summed E-state index contributed by atoms with van der Waals surface area (Å²) in [5, 5.41) is 0. The standard InChI is InChI=1S/C12H17BrN4O/c1-15(2)12(18)17-5-3-16(4-6-17)11-7-10(13)8-14-9-11/h7-9H,3-6H2,1-2H3. The molecule has 0 bridgehead atoms. The van der Waals surface area contributed by atoms with E-state index in [9.17, 15) is 4.79 Å². The number of anilines is 1. The first kappa shape index (κ1) is 13.1. The summed E-state index contributed by atoms with van der Waals surface area (Å²) < 4.78 is 0.979. The molecule has 2 amide bonds. The fourth-order valence-electron chi connectivity index (χ4n) is 2.01. The van der Waals surface area contributed by atoms with E-state index in [2.05, 4.69) is 31.9 Å². The first-order valence-corrected chi connectivity index (χ1v) is 6.69. The van der Waals surface area contributed by atoms with Gasteiger partial charge in [-0.1, -0.05) is 0 Å². The molecule has 0 saturated carbocycles. The molecule has 0 aromatic carbocycles. The van der Waals surface area contributed by atoms with Crippen molar-refractivity contribution in [2.45, 2.75) is 0 Å². The Bertz CT molecular complexity index is 430. The summed E-state index contributed by atoms with van der Waals surface area (Å²) >= 11 is 3.42. The molecule has 0 N–H and O–H groups in total. The molecule has 98 valence electrons. The summed E-state index contributed by atoms with van der Waals surface area (Å²) in [5.74, 6) is 0. The number of carbonyl (C=O) groups excluding carboxylic acids is 1. The van der Waals surface area contributed by atoms with E-state index < -0.39 is 0 Å². The molecule has 1 saturated heterocycles. The van der Waals surface area contributed by atoms with Gasteiger partial charge in [-0.3, -0.25) is 4.98 Å². The van der Waals surface area contributed by atoms with Gasteiger partial charge in [0.15, 0.2) is 0 Å². The number of carbonyl (C=O) groups is 1. The van der Waals surface area contributed by atoms with Crippen molar-refractivity contribution >= 4 is 27.6 Å². The van der Waals surface area contributed by atoms with Gasteiger partial charge in [-0.15, -0.1) is 0 Å². The Morgan fingerprint density at radius 1 is 1.28 bits per heavy atom. The third-order valence-electron chi connectivity index (χ3n) is 2.99. The summed E-state index contributed by atoms with van der Waals surface area (Å²) in [5.41, 5.74) is 1.10. The molecule has 0 spiro atoms. The molecule has 0 atom stereocenters. The molecule has 1 aliphatic rings. The third-order valence-corrected chi connectivity index (χ3v) is 3.42. The molecule has 1 fully saturated rings. The third kappa shape index (κ3) is 2.93. The van der Waals surface area contributed by atoms with Crippen molar-refractivity contribution in [1.82, 2.24) is 14.8 Å². The van der Waals surface area contributed by atoms with Gasteiger partial charge < -0.3 is 14.7 Å². The van der Waals surface area contributed by atoms with Crippen LogP contribution in [0.2, 0.25) is 0 Å². The molecule has 18 heavy (non-hydrogen) atoms. The second kappa shape index (κ2) is 5.56. The van der Waals surface area contributed by atoms with Crippen LogP contribution in [0, 0.1) is 0 Å². The lowest BCUT2D eigenvalue weighted by molar-refractivity contribution is 0.168. The van der Waals surface area contributed by atoms with Gasteiger partial charge in [0.1, 0.15) is 0 Å².